The molecule has 2 aromatic rings. The monoisotopic (exact) mass is 241 g/mol. The Bertz CT molecular complexity index is 588. The van der Waals surface area contributed by atoms with E-state index in [9.17, 15) is 0 Å². The molecule has 0 bridgehead atoms. The molecule has 0 aliphatic rings. The lowest BCUT2D eigenvalue weighted by atomic mass is 10.1. The smallest absolute Gasteiger partial charge is 0.238 e. The van der Waals surface area contributed by atoms with Crippen LogP contribution in [0.3, 0.4) is 0 Å². The summed E-state index contributed by atoms with van der Waals surface area (Å²) in [7, 11) is 0. The Morgan fingerprint density at radius 1 is 1.28 bits per heavy atom. The van der Waals surface area contributed by atoms with Crippen molar-refractivity contribution in [1.82, 2.24) is 10.2 Å². The molecule has 18 heavy (non-hydrogen) atoms. The molecule has 2 rings (SSSR count). The third-order valence-corrected chi connectivity index (χ3v) is 2.33. The number of hydrogen-bond acceptors (Lipinski definition) is 5. The van der Waals surface area contributed by atoms with Crippen molar-refractivity contribution < 1.29 is 9.84 Å². The zero-order valence-corrected chi connectivity index (χ0v) is 9.79. The van der Waals surface area contributed by atoms with Crippen LogP contribution in [-0.4, -0.2) is 15.3 Å². The normalized spacial score (nSPS) is 9.83. The van der Waals surface area contributed by atoms with Crippen molar-refractivity contribution in [2.24, 2.45) is 0 Å². The lowest BCUT2D eigenvalue weighted by molar-refractivity contribution is 0.281. The van der Waals surface area contributed by atoms with Crippen molar-refractivity contribution in [3.8, 4) is 17.7 Å². The molecule has 0 fully saturated rings. The van der Waals surface area contributed by atoms with Crippen LogP contribution in [0.4, 0.5) is 0 Å². The van der Waals surface area contributed by atoms with Crippen LogP contribution in [0.5, 0.6) is 11.6 Å². The fourth-order valence-corrected chi connectivity index (χ4v) is 1.41. The highest BCUT2D eigenvalue weighted by molar-refractivity contribution is 5.46. The van der Waals surface area contributed by atoms with Gasteiger partial charge >= 0.3 is 0 Å². The minimum Gasteiger partial charge on any atom is -0.436 e. The maximum absolute atomic E-state index is 9.01. The zero-order chi connectivity index (χ0) is 13.0. The van der Waals surface area contributed by atoms with E-state index in [1.165, 1.54) is 0 Å². The highest BCUT2D eigenvalue weighted by Gasteiger charge is 2.06. The van der Waals surface area contributed by atoms with Crippen LogP contribution in [0.1, 0.15) is 16.8 Å². The van der Waals surface area contributed by atoms with E-state index in [1.54, 1.807) is 30.3 Å². The Labute approximate surface area is 104 Å². The number of nitrogens with zero attached hydrogens (tertiary/aromatic N) is 3. The highest BCUT2D eigenvalue weighted by Crippen LogP contribution is 2.24. The molecular weight excluding hydrogens is 230 g/mol. The van der Waals surface area contributed by atoms with Gasteiger partial charge in [0.15, 0.2) is 0 Å². The predicted molar refractivity (Wildman–Crippen MR) is 63.9 cm³/mol. The van der Waals surface area contributed by atoms with Crippen molar-refractivity contribution in [3.05, 3.63) is 47.2 Å². The third-order valence-electron chi connectivity index (χ3n) is 2.33. The predicted octanol–water partition coefficient (Wildman–Crippen LogP) is 1.94. The van der Waals surface area contributed by atoms with E-state index in [4.69, 9.17) is 15.1 Å². The van der Waals surface area contributed by atoms with E-state index in [0.29, 0.717) is 22.8 Å². The molecular formula is C13H11N3O2. The lowest BCUT2D eigenvalue weighted by Crippen LogP contribution is -1.94. The molecule has 1 aromatic heterocycles. The Kier molecular flexibility index (Phi) is 3.51. The second-order valence-electron chi connectivity index (χ2n) is 3.72. The van der Waals surface area contributed by atoms with Gasteiger partial charge in [-0.1, -0.05) is 6.07 Å². The molecule has 0 atom stereocenters. The summed E-state index contributed by atoms with van der Waals surface area (Å²) in [4.78, 5) is 0. The van der Waals surface area contributed by atoms with Gasteiger partial charge in [-0.15, -0.1) is 5.10 Å². The molecule has 0 radical (unpaired) electrons. The molecule has 0 amide bonds. The maximum Gasteiger partial charge on any atom is 0.238 e. The highest BCUT2D eigenvalue weighted by atomic mass is 16.5. The maximum atomic E-state index is 9.01. The van der Waals surface area contributed by atoms with E-state index < -0.39 is 0 Å². The molecule has 90 valence electrons. The van der Waals surface area contributed by atoms with Crippen LogP contribution in [0.25, 0.3) is 0 Å². The molecule has 0 spiro atoms. The van der Waals surface area contributed by atoms with Gasteiger partial charge in [0.2, 0.25) is 5.88 Å². The van der Waals surface area contributed by atoms with Crippen LogP contribution in [0.2, 0.25) is 0 Å². The van der Waals surface area contributed by atoms with Crippen LogP contribution in [0, 0.1) is 18.3 Å². The minimum absolute atomic E-state index is 0.112. The Balaban J connectivity index is 2.29. The average molecular weight is 241 g/mol. The quantitative estimate of drug-likeness (QED) is 0.888. The summed E-state index contributed by atoms with van der Waals surface area (Å²) < 4.78 is 5.48. The molecule has 0 aliphatic carbocycles. The summed E-state index contributed by atoms with van der Waals surface area (Å²) in [6.07, 6.45) is 0. The van der Waals surface area contributed by atoms with E-state index in [1.807, 2.05) is 13.0 Å². The Morgan fingerprint density at radius 3 is 2.72 bits per heavy atom. The van der Waals surface area contributed by atoms with Gasteiger partial charge in [-0.2, -0.15) is 10.4 Å². The van der Waals surface area contributed by atoms with E-state index >= 15 is 0 Å². The van der Waals surface area contributed by atoms with Crippen LogP contribution < -0.4 is 4.74 Å². The van der Waals surface area contributed by atoms with Crippen molar-refractivity contribution in [3.63, 3.8) is 0 Å². The number of benzene rings is 1. The number of aliphatic hydroxyl groups is 1. The van der Waals surface area contributed by atoms with Crippen molar-refractivity contribution in [2.75, 3.05) is 0 Å². The number of rotatable bonds is 3. The van der Waals surface area contributed by atoms with Crippen molar-refractivity contribution >= 4 is 0 Å². The lowest BCUT2D eigenvalue weighted by Gasteiger charge is -2.07. The molecule has 5 heteroatoms. The summed E-state index contributed by atoms with van der Waals surface area (Å²) in [5, 5.41) is 25.7. The largest absolute Gasteiger partial charge is 0.436 e. The molecule has 0 unspecified atom stereocenters. The molecule has 1 N–H and O–H groups in total. The summed E-state index contributed by atoms with van der Waals surface area (Å²) in [5.74, 6) is 0.724. The van der Waals surface area contributed by atoms with Gasteiger partial charge in [-0.05, 0) is 30.7 Å². The molecule has 1 aromatic carbocycles. The van der Waals surface area contributed by atoms with Gasteiger partial charge in [-0.25, -0.2) is 0 Å². The van der Waals surface area contributed by atoms with E-state index in [-0.39, 0.29) is 6.61 Å². The number of aromatic nitrogens is 2. The number of aryl methyl sites for hydroxylation is 1. The SMILES string of the molecule is Cc1ccc(Oc2ccc(CO)cc2C#N)nn1. The Hall–Kier alpha value is -2.45. The molecule has 5 nitrogen and oxygen atoms in total. The van der Waals surface area contributed by atoms with Crippen LogP contribution in [-0.2, 0) is 6.61 Å². The first-order valence-electron chi connectivity index (χ1n) is 5.35. The van der Waals surface area contributed by atoms with Gasteiger partial charge in [0.05, 0.1) is 17.9 Å². The Morgan fingerprint density at radius 2 is 2.11 bits per heavy atom. The standard InChI is InChI=1S/C13H11N3O2/c1-9-2-5-13(16-15-9)18-12-4-3-10(8-17)6-11(12)7-14/h2-6,17H,8H2,1H3. The first-order valence-corrected chi connectivity index (χ1v) is 5.35. The number of aliphatic hydroxyl groups excluding tert-OH is 1. The third kappa shape index (κ3) is 2.62. The zero-order valence-electron chi connectivity index (χ0n) is 9.79. The fourth-order valence-electron chi connectivity index (χ4n) is 1.41. The minimum atomic E-state index is -0.112. The van der Waals surface area contributed by atoms with Gasteiger partial charge in [0.25, 0.3) is 0 Å². The molecule has 0 saturated heterocycles. The second-order valence-corrected chi connectivity index (χ2v) is 3.72. The first-order chi connectivity index (χ1) is 8.72. The van der Waals surface area contributed by atoms with Gasteiger partial charge < -0.3 is 9.84 Å². The average Bonchev–Trinajstić information content (AvgIpc) is 2.41. The molecule has 0 aliphatic heterocycles. The van der Waals surface area contributed by atoms with E-state index in [2.05, 4.69) is 10.2 Å². The van der Waals surface area contributed by atoms with Gasteiger partial charge in [0, 0.05) is 6.07 Å². The van der Waals surface area contributed by atoms with Gasteiger partial charge in [-0.3, -0.25) is 0 Å². The summed E-state index contributed by atoms with van der Waals surface area (Å²) >= 11 is 0. The number of hydrogen-bond donors (Lipinski definition) is 1. The molecule has 0 saturated carbocycles. The summed E-state index contributed by atoms with van der Waals surface area (Å²) in [6, 6.07) is 10.4. The summed E-state index contributed by atoms with van der Waals surface area (Å²) in [5.41, 5.74) is 1.80. The van der Waals surface area contributed by atoms with Crippen molar-refractivity contribution in [2.45, 2.75) is 13.5 Å². The van der Waals surface area contributed by atoms with Gasteiger partial charge in [0.1, 0.15) is 11.8 Å². The number of nitriles is 1. The second kappa shape index (κ2) is 5.25. The topological polar surface area (TPSA) is 79.0 Å². The van der Waals surface area contributed by atoms with Crippen molar-refractivity contribution in [1.29, 1.82) is 5.26 Å². The number of ether oxygens (including phenoxy) is 1. The summed E-state index contributed by atoms with van der Waals surface area (Å²) in [6.45, 7) is 1.72. The first kappa shape index (κ1) is 12.0. The fraction of sp³-hybridized carbons (Fsp3) is 0.154. The van der Waals surface area contributed by atoms with Crippen LogP contribution >= 0.6 is 0 Å². The van der Waals surface area contributed by atoms with Crippen LogP contribution in [0.15, 0.2) is 30.3 Å². The molecule has 1 heterocycles. The van der Waals surface area contributed by atoms with E-state index in [0.717, 1.165) is 5.69 Å².